The fourth-order valence-corrected chi connectivity index (χ4v) is 5.74. The SMILES string of the molecule is C=CCN(c1ccc(C(=O)NN=C2CCCCCCCCCCC2)cc1)S(=O)(=O)c1ccccc1. The number of sulfonamides is 1. The second-order valence-electron chi connectivity index (χ2n) is 8.99. The quantitative estimate of drug-likeness (QED) is 0.354. The number of nitrogens with zero attached hydrogens (tertiary/aromatic N) is 2. The molecule has 0 unspecified atom stereocenters. The molecule has 1 fully saturated rings. The standard InChI is InChI=1S/C28H37N3O3S/c1-2-23-31(35(33,34)27-17-13-10-14-18-27)26-21-19-24(20-22-26)28(32)30-29-25-15-11-8-6-4-3-5-7-9-12-16-25/h2,10,13-14,17-22H,1,3-9,11-12,15-16,23H2,(H,30,32). The van der Waals surface area contributed by atoms with Crippen LogP contribution < -0.4 is 9.73 Å². The molecule has 0 bridgehead atoms. The van der Waals surface area contributed by atoms with Gasteiger partial charge in [-0.25, -0.2) is 13.8 Å². The van der Waals surface area contributed by atoms with Gasteiger partial charge in [-0.3, -0.25) is 9.10 Å². The van der Waals surface area contributed by atoms with E-state index in [1.807, 2.05) is 0 Å². The summed E-state index contributed by atoms with van der Waals surface area (Å²) in [6.07, 6.45) is 14.6. The molecular weight excluding hydrogens is 458 g/mol. The van der Waals surface area contributed by atoms with E-state index < -0.39 is 10.0 Å². The van der Waals surface area contributed by atoms with E-state index >= 15 is 0 Å². The Balaban J connectivity index is 1.68. The molecule has 1 N–H and O–H groups in total. The summed E-state index contributed by atoms with van der Waals surface area (Å²) < 4.78 is 27.6. The van der Waals surface area contributed by atoms with Crippen molar-refractivity contribution in [3.63, 3.8) is 0 Å². The van der Waals surface area contributed by atoms with Crippen molar-refractivity contribution in [1.82, 2.24) is 5.43 Å². The molecule has 2 aromatic carbocycles. The molecule has 1 amide bonds. The molecule has 0 radical (unpaired) electrons. The van der Waals surface area contributed by atoms with Crippen LogP contribution in [0.1, 0.15) is 81.0 Å². The van der Waals surface area contributed by atoms with Crippen LogP contribution in [0.5, 0.6) is 0 Å². The maximum absolute atomic E-state index is 13.1. The highest BCUT2D eigenvalue weighted by atomic mass is 32.2. The lowest BCUT2D eigenvalue weighted by atomic mass is 10.00. The van der Waals surface area contributed by atoms with E-state index in [4.69, 9.17) is 0 Å². The van der Waals surface area contributed by atoms with Crippen molar-refractivity contribution >= 4 is 27.3 Å². The zero-order chi connectivity index (χ0) is 24.9. The Kier molecular flexibility index (Phi) is 10.5. The van der Waals surface area contributed by atoms with Crippen LogP contribution >= 0.6 is 0 Å². The number of hydrogen-bond donors (Lipinski definition) is 1. The maximum Gasteiger partial charge on any atom is 0.271 e. The Morgan fingerprint density at radius 3 is 1.94 bits per heavy atom. The summed E-state index contributed by atoms with van der Waals surface area (Å²) in [6, 6.07) is 14.8. The van der Waals surface area contributed by atoms with Gasteiger partial charge in [0, 0.05) is 11.3 Å². The summed E-state index contributed by atoms with van der Waals surface area (Å²) in [6.45, 7) is 3.82. The van der Waals surface area contributed by atoms with Crippen LogP contribution in [0.25, 0.3) is 0 Å². The van der Waals surface area contributed by atoms with Crippen LogP contribution in [0.15, 0.2) is 77.2 Å². The fourth-order valence-electron chi connectivity index (χ4n) is 4.29. The summed E-state index contributed by atoms with van der Waals surface area (Å²) >= 11 is 0. The molecule has 188 valence electrons. The van der Waals surface area contributed by atoms with Crippen LogP contribution in [0.4, 0.5) is 5.69 Å². The lowest BCUT2D eigenvalue weighted by Crippen LogP contribution is -2.31. The van der Waals surface area contributed by atoms with Crippen molar-refractivity contribution in [1.29, 1.82) is 0 Å². The Morgan fingerprint density at radius 2 is 1.40 bits per heavy atom. The van der Waals surface area contributed by atoms with Crippen molar-refractivity contribution < 1.29 is 13.2 Å². The van der Waals surface area contributed by atoms with E-state index in [1.165, 1.54) is 49.3 Å². The van der Waals surface area contributed by atoms with E-state index in [1.54, 1.807) is 60.7 Å². The molecule has 7 heteroatoms. The molecule has 0 aliphatic heterocycles. The first-order valence-electron chi connectivity index (χ1n) is 12.7. The summed E-state index contributed by atoms with van der Waals surface area (Å²) in [5.41, 5.74) is 4.67. The molecule has 1 saturated carbocycles. The van der Waals surface area contributed by atoms with Gasteiger partial charge in [0.05, 0.1) is 17.1 Å². The van der Waals surface area contributed by atoms with Gasteiger partial charge in [-0.2, -0.15) is 5.10 Å². The number of carbonyl (C=O) groups excluding carboxylic acids is 1. The number of carbonyl (C=O) groups is 1. The molecule has 0 aromatic heterocycles. The third kappa shape index (κ3) is 8.06. The van der Waals surface area contributed by atoms with Crippen LogP contribution in [-0.2, 0) is 10.0 Å². The molecule has 1 aliphatic carbocycles. The summed E-state index contributed by atoms with van der Waals surface area (Å²) in [7, 11) is -3.75. The molecule has 1 aliphatic rings. The topological polar surface area (TPSA) is 78.8 Å². The molecule has 35 heavy (non-hydrogen) atoms. The van der Waals surface area contributed by atoms with Gasteiger partial charge < -0.3 is 0 Å². The van der Waals surface area contributed by atoms with Crippen molar-refractivity contribution in [3.8, 4) is 0 Å². The van der Waals surface area contributed by atoms with Gasteiger partial charge in [-0.05, 0) is 62.1 Å². The number of anilines is 1. The second kappa shape index (κ2) is 13.8. The average molecular weight is 496 g/mol. The van der Waals surface area contributed by atoms with Crippen LogP contribution in [0, 0.1) is 0 Å². The lowest BCUT2D eigenvalue weighted by molar-refractivity contribution is 0.0954. The fraction of sp³-hybridized carbons (Fsp3) is 0.429. The van der Waals surface area contributed by atoms with Gasteiger partial charge >= 0.3 is 0 Å². The van der Waals surface area contributed by atoms with Crippen molar-refractivity contribution in [2.45, 2.75) is 75.5 Å². The summed E-state index contributed by atoms with van der Waals surface area (Å²) in [5, 5.41) is 4.45. The molecule has 0 atom stereocenters. The van der Waals surface area contributed by atoms with Crippen molar-refractivity contribution in [3.05, 3.63) is 72.8 Å². The van der Waals surface area contributed by atoms with E-state index in [0.29, 0.717) is 11.3 Å². The first-order chi connectivity index (χ1) is 17.0. The van der Waals surface area contributed by atoms with Gasteiger partial charge in [0.2, 0.25) is 0 Å². The maximum atomic E-state index is 13.1. The number of hydrazone groups is 1. The lowest BCUT2D eigenvalue weighted by Gasteiger charge is -2.23. The molecule has 3 rings (SSSR count). The van der Waals surface area contributed by atoms with Gasteiger partial charge in [0.1, 0.15) is 0 Å². The number of benzene rings is 2. The third-order valence-corrected chi connectivity index (χ3v) is 8.10. The summed E-state index contributed by atoms with van der Waals surface area (Å²) in [5.74, 6) is -0.295. The molecule has 0 saturated heterocycles. The normalized spacial score (nSPS) is 15.8. The van der Waals surface area contributed by atoms with Gasteiger partial charge in [-0.1, -0.05) is 69.2 Å². The van der Waals surface area contributed by atoms with Gasteiger partial charge in [-0.15, -0.1) is 6.58 Å². The van der Waals surface area contributed by atoms with Crippen LogP contribution in [0.2, 0.25) is 0 Å². The van der Waals surface area contributed by atoms with Crippen LogP contribution in [0.3, 0.4) is 0 Å². The smallest absolute Gasteiger partial charge is 0.267 e. The van der Waals surface area contributed by atoms with E-state index in [-0.39, 0.29) is 17.3 Å². The molecule has 0 spiro atoms. The molecule has 6 nitrogen and oxygen atoms in total. The first-order valence-corrected chi connectivity index (χ1v) is 14.1. The van der Waals surface area contributed by atoms with Gasteiger partial charge in [0.25, 0.3) is 15.9 Å². The number of nitrogens with one attached hydrogen (secondary N) is 1. The Morgan fingerprint density at radius 1 is 0.857 bits per heavy atom. The Bertz CT molecular complexity index is 1070. The van der Waals surface area contributed by atoms with Crippen molar-refractivity contribution in [2.75, 3.05) is 10.8 Å². The van der Waals surface area contributed by atoms with Crippen LogP contribution in [-0.4, -0.2) is 26.6 Å². The van der Waals surface area contributed by atoms with E-state index in [0.717, 1.165) is 31.4 Å². The zero-order valence-corrected chi connectivity index (χ0v) is 21.3. The minimum absolute atomic E-state index is 0.121. The molecule has 0 heterocycles. The predicted molar refractivity (Wildman–Crippen MR) is 143 cm³/mol. The second-order valence-corrected chi connectivity index (χ2v) is 10.8. The highest BCUT2D eigenvalue weighted by Crippen LogP contribution is 2.24. The highest BCUT2D eigenvalue weighted by Gasteiger charge is 2.24. The minimum Gasteiger partial charge on any atom is -0.267 e. The monoisotopic (exact) mass is 495 g/mol. The Labute approximate surface area is 210 Å². The first kappa shape index (κ1) is 26.7. The largest absolute Gasteiger partial charge is 0.271 e. The van der Waals surface area contributed by atoms with E-state index in [2.05, 4.69) is 17.1 Å². The van der Waals surface area contributed by atoms with E-state index in [9.17, 15) is 13.2 Å². The zero-order valence-electron chi connectivity index (χ0n) is 20.5. The Hall–Kier alpha value is -2.93. The molecule has 2 aromatic rings. The predicted octanol–water partition coefficient (Wildman–Crippen LogP) is 6.46. The van der Waals surface area contributed by atoms with Gasteiger partial charge in [0.15, 0.2) is 0 Å². The number of hydrogen-bond acceptors (Lipinski definition) is 4. The highest BCUT2D eigenvalue weighted by molar-refractivity contribution is 7.92. The third-order valence-electron chi connectivity index (χ3n) is 6.29. The minimum atomic E-state index is -3.75. The molecular formula is C28H37N3O3S. The summed E-state index contributed by atoms with van der Waals surface area (Å²) in [4.78, 5) is 12.9. The number of rotatable bonds is 7. The van der Waals surface area contributed by atoms with Crippen molar-refractivity contribution in [2.24, 2.45) is 5.10 Å². The average Bonchev–Trinajstić information content (AvgIpc) is 2.87. The number of amides is 1.